The summed E-state index contributed by atoms with van der Waals surface area (Å²) in [6, 6.07) is 7.33. The summed E-state index contributed by atoms with van der Waals surface area (Å²) < 4.78 is 0. The molecular formula is C17H22N2O5. The molecular weight excluding hydrogens is 312 g/mol. The van der Waals surface area contributed by atoms with Gasteiger partial charge >= 0.3 is 5.97 Å². The number of aliphatic hydroxyl groups excluding tert-OH is 1. The van der Waals surface area contributed by atoms with Crippen molar-refractivity contribution in [3.8, 4) is 0 Å². The topological polar surface area (TPSA) is 107 Å². The molecule has 24 heavy (non-hydrogen) atoms. The van der Waals surface area contributed by atoms with Crippen molar-refractivity contribution in [2.75, 3.05) is 6.54 Å². The molecule has 1 aromatic carbocycles. The molecule has 0 aromatic heterocycles. The lowest BCUT2D eigenvalue weighted by Crippen LogP contribution is -2.52. The van der Waals surface area contributed by atoms with Crippen LogP contribution in [-0.2, 0) is 20.8 Å². The molecule has 1 saturated heterocycles. The van der Waals surface area contributed by atoms with Crippen LogP contribution in [0, 0.1) is 0 Å². The summed E-state index contributed by atoms with van der Waals surface area (Å²) in [6.45, 7) is 1.86. The number of nitrogens with one attached hydrogen (secondary N) is 1. The minimum Gasteiger partial charge on any atom is -0.480 e. The number of likely N-dealkylation sites (tertiary alicyclic amines) is 1. The van der Waals surface area contributed by atoms with Gasteiger partial charge in [0.25, 0.3) is 0 Å². The van der Waals surface area contributed by atoms with Crippen molar-refractivity contribution in [1.82, 2.24) is 10.2 Å². The Balaban J connectivity index is 1.90. The van der Waals surface area contributed by atoms with E-state index in [-0.39, 0.29) is 6.42 Å². The summed E-state index contributed by atoms with van der Waals surface area (Å²) in [6.07, 6.45) is -0.0792. The molecule has 0 spiro atoms. The zero-order valence-corrected chi connectivity index (χ0v) is 13.5. The first-order valence-corrected chi connectivity index (χ1v) is 7.95. The first kappa shape index (κ1) is 17.9. The molecule has 0 radical (unpaired) electrons. The Hall–Kier alpha value is -2.41. The number of amides is 2. The van der Waals surface area contributed by atoms with E-state index in [2.05, 4.69) is 5.32 Å². The summed E-state index contributed by atoms with van der Waals surface area (Å²) in [5.41, 5.74) is 0.810. The molecule has 130 valence electrons. The van der Waals surface area contributed by atoms with Crippen molar-refractivity contribution < 1.29 is 24.6 Å². The maximum absolute atomic E-state index is 12.3. The van der Waals surface area contributed by atoms with Crippen LogP contribution in [0.5, 0.6) is 0 Å². The zero-order chi connectivity index (χ0) is 17.7. The number of carbonyl (C=O) groups is 3. The minimum absolute atomic E-state index is 0.148. The number of rotatable bonds is 6. The summed E-state index contributed by atoms with van der Waals surface area (Å²) in [5.74, 6) is -2.13. The lowest BCUT2D eigenvalue weighted by atomic mass is 10.1. The van der Waals surface area contributed by atoms with E-state index in [9.17, 15) is 19.5 Å². The Morgan fingerprint density at radius 2 is 1.96 bits per heavy atom. The molecule has 1 unspecified atom stereocenters. The highest BCUT2D eigenvalue weighted by molar-refractivity contribution is 5.91. The Labute approximate surface area is 140 Å². The van der Waals surface area contributed by atoms with Crippen molar-refractivity contribution in [2.24, 2.45) is 0 Å². The highest BCUT2D eigenvalue weighted by atomic mass is 16.4. The van der Waals surface area contributed by atoms with E-state index in [1.54, 1.807) is 12.1 Å². The molecule has 3 N–H and O–H groups in total. The van der Waals surface area contributed by atoms with Crippen LogP contribution in [0.1, 0.15) is 25.3 Å². The number of benzene rings is 1. The highest BCUT2D eigenvalue weighted by Crippen LogP contribution is 2.18. The van der Waals surface area contributed by atoms with E-state index in [1.807, 2.05) is 18.2 Å². The van der Waals surface area contributed by atoms with Crippen LogP contribution in [-0.4, -0.2) is 57.6 Å². The molecule has 7 heteroatoms. The Bertz CT molecular complexity index is 604. The van der Waals surface area contributed by atoms with Gasteiger partial charge in [-0.15, -0.1) is 0 Å². The average molecular weight is 334 g/mol. The second-order valence-electron chi connectivity index (χ2n) is 5.96. The monoisotopic (exact) mass is 334 g/mol. The first-order chi connectivity index (χ1) is 11.4. The van der Waals surface area contributed by atoms with Crippen LogP contribution in [0.3, 0.4) is 0 Å². The van der Waals surface area contributed by atoms with E-state index in [0.29, 0.717) is 19.4 Å². The standard InChI is InChI=1S/C17H22N2O5/c1-11(16(22)19-9-5-8-13(19)17(23)24)18-15(21)14(20)10-12-6-3-2-4-7-12/h2-4,6-7,11,13-14,20H,5,8-10H2,1H3,(H,18,21)(H,23,24)/t11-,13-,14?/m0/s1. The molecule has 1 aromatic rings. The highest BCUT2D eigenvalue weighted by Gasteiger charge is 2.36. The second kappa shape index (κ2) is 7.92. The van der Waals surface area contributed by atoms with Gasteiger partial charge in [-0.1, -0.05) is 30.3 Å². The fourth-order valence-electron chi connectivity index (χ4n) is 2.84. The molecule has 1 aliphatic rings. The van der Waals surface area contributed by atoms with Gasteiger partial charge in [0, 0.05) is 13.0 Å². The van der Waals surface area contributed by atoms with Gasteiger partial charge in [0.05, 0.1) is 0 Å². The second-order valence-corrected chi connectivity index (χ2v) is 5.96. The van der Waals surface area contributed by atoms with Gasteiger partial charge in [-0.05, 0) is 25.3 Å². The molecule has 2 amide bonds. The SMILES string of the molecule is C[C@H](NC(=O)C(O)Cc1ccccc1)C(=O)N1CCC[C@H]1C(=O)O. The van der Waals surface area contributed by atoms with E-state index in [0.717, 1.165) is 5.56 Å². The van der Waals surface area contributed by atoms with Crippen molar-refractivity contribution in [3.63, 3.8) is 0 Å². The molecule has 1 aliphatic heterocycles. The smallest absolute Gasteiger partial charge is 0.326 e. The average Bonchev–Trinajstić information content (AvgIpc) is 3.04. The fourth-order valence-corrected chi connectivity index (χ4v) is 2.84. The van der Waals surface area contributed by atoms with Crippen molar-refractivity contribution in [3.05, 3.63) is 35.9 Å². The van der Waals surface area contributed by atoms with Gasteiger partial charge in [0.15, 0.2) is 0 Å². The molecule has 0 aliphatic carbocycles. The number of aliphatic hydroxyl groups is 1. The van der Waals surface area contributed by atoms with E-state index < -0.39 is 36.0 Å². The fraction of sp³-hybridized carbons (Fsp3) is 0.471. The van der Waals surface area contributed by atoms with Gasteiger partial charge in [-0.3, -0.25) is 9.59 Å². The van der Waals surface area contributed by atoms with Crippen molar-refractivity contribution in [1.29, 1.82) is 0 Å². The summed E-state index contributed by atoms with van der Waals surface area (Å²) in [7, 11) is 0. The van der Waals surface area contributed by atoms with Crippen molar-refractivity contribution >= 4 is 17.8 Å². The molecule has 0 bridgehead atoms. The largest absolute Gasteiger partial charge is 0.480 e. The third-order valence-electron chi connectivity index (χ3n) is 4.12. The van der Waals surface area contributed by atoms with Gasteiger partial charge in [-0.2, -0.15) is 0 Å². The van der Waals surface area contributed by atoms with E-state index in [4.69, 9.17) is 5.11 Å². The first-order valence-electron chi connectivity index (χ1n) is 7.95. The number of hydrogen-bond donors (Lipinski definition) is 3. The van der Waals surface area contributed by atoms with Crippen LogP contribution in [0.4, 0.5) is 0 Å². The molecule has 1 fully saturated rings. The summed E-state index contributed by atoms with van der Waals surface area (Å²) >= 11 is 0. The summed E-state index contributed by atoms with van der Waals surface area (Å²) in [4.78, 5) is 36.8. The van der Waals surface area contributed by atoms with Crippen LogP contribution in [0.15, 0.2) is 30.3 Å². The Morgan fingerprint density at radius 3 is 2.58 bits per heavy atom. The van der Waals surface area contributed by atoms with Crippen LogP contribution < -0.4 is 5.32 Å². The lowest BCUT2D eigenvalue weighted by Gasteiger charge is -2.25. The van der Waals surface area contributed by atoms with Crippen LogP contribution in [0.25, 0.3) is 0 Å². The molecule has 2 rings (SSSR count). The number of carboxylic acids is 1. The molecule has 3 atom stereocenters. The van der Waals surface area contributed by atoms with E-state index in [1.165, 1.54) is 11.8 Å². The molecule has 0 saturated carbocycles. The number of carbonyl (C=O) groups excluding carboxylic acids is 2. The number of aliphatic carboxylic acids is 1. The van der Waals surface area contributed by atoms with Gasteiger partial charge in [0.2, 0.25) is 11.8 Å². The summed E-state index contributed by atoms with van der Waals surface area (Å²) in [5, 5.41) is 21.6. The van der Waals surface area contributed by atoms with E-state index >= 15 is 0 Å². The lowest BCUT2D eigenvalue weighted by molar-refractivity contribution is -0.149. The predicted molar refractivity (Wildman–Crippen MR) is 86.1 cm³/mol. The molecule has 7 nitrogen and oxygen atoms in total. The maximum Gasteiger partial charge on any atom is 0.326 e. The third-order valence-corrected chi connectivity index (χ3v) is 4.12. The minimum atomic E-state index is -1.27. The quantitative estimate of drug-likeness (QED) is 0.687. The van der Waals surface area contributed by atoms with Gasteiger partial charge < -0.3 is 20.4 Å². The normalized spacial score (nSPS) is 19.6. The third kappa shape index (κ3) is 4.32. The van der Waals surface area contributed by atoms with Gasteiger partial charge in [0.1, 0.15) is 18.2 Å². The van der Waals surface area contributed by atoms with Crippen LogP contribution in [0.2, 0.25) is 0 Å². The molecule has 1 heterocycles. The predicted octanol–water partition coefficient (Wildman–Crippen LogP) is 0.170. The number of hydrogen-bond acceptors (Lipinski definition) is 4. The van der Waals surface area contributed by atoms with Gasteiger partial charge in [-0.25, -0.2) is 4.79 Å². The maximum atomic E-state index is 12.3. The van der Waals surface area contributed by atoms with Crippen molar-refractivity contribution in [2.45, 2.75) is 44.4 Å². The number of carboxylic acid groups (broad SMARTS) is 1. The zero-order valence-electron chi connectivity index (χ0n) is 13.5. The Kier molecular flexibility index (Phi) is 5.92. The van der Waals surface area contributed by atoms with Crippen LogP contribution >= 0.6 is 0 Å². The number of nitrogens with zero attached hydrogens (tertiary/aromatic N) is 1. The Morgan fingerprint density at radius 1 is 1.29 bits per heavy atom.